The van der Waals surface area contributed by atoms with Crippen LogP contribution in [0.5, 0.6) is 0 Å². The molecule has 1 saturated heterocycles. The average molecular weight is 457 g/mol. The van der Waals surface area contributed by atoms with Crippen molar-refractivity contribution in [2.75, 3.05) is 31.6 Å². The highest BCUT2D eigenvalue weighted by Gasteiger charge is 2.39. The Kier molecular flexibility index (Phi) is 7.72. The summed E-state index contributed by atoms with van der Waals surface area (Å²) in [6.07, 6.45) is 1.86. The van der Waals surface area contributed by atoms with Crippen molar-refractivity contribution in [3.63, 3.8) is 0 Å². The minimum absolute atomic E-state index is 0.0490. The maximum absolute atomic E-state index is 12.7. The van der Waals surface area contributed by atoms with Gasteiger partial charge in [0.25, 0.3) is 0 Å². The molecule has 0 bridgehead atoms. The van der Waals surface area contributed by atoms with Gasteiger partial charge >= 0.3 is 11.4 Å². The summed E-state index contributed by atoms with van der Waals surface area (Å²) >= 11 is 1.16. The molecule has 32 heavy (non-hydrogen) atoms. The normalized spacial score (nSPS) is 18.4. The van der Waals surface area contributed by atoms with Crippen LogP contribution in [0.3, 0.4) is 0 Å². The fraction of sp³-hybridized carbons (Fsp3) is 0.440. The molecule has 2 unspecified atom stereocenters. The standard InChI is InChI=1S/C25H32N2O4S/c1-6-14-30-23(28)27-17-20(32-24(29)31-25(2,3)4)15-19(27)16-26(5)22-13-9-11-18-10-7-8-12-21(18)22/h6-13,19-20H,1,14-17H2,2-5H3. The van der Waals surface area contributed by atoms with E-state index in [1.54, 1.807) is 11.0 Å². The van der Waals surface area contributed by atoms with Gasteiger partial charge < -0.3 is 19.3 Å². The highest BCUT2D eigenvalue weighted by molar-refractivity contribution is 8.13. The third-order valence-electron chi connectivity index (χ3n) is 5.25. The second kappa shape index (κ2) is 10.3. The number of benzene rings is 2. The van der Waals surface area contributed by atoms with E-state index in [2.05, 4.69) is 35.7 Å². The van der Waals surface area contributed by atoms with E-state index in [-0.39, 0.29) is 29.3 Å². The van der Waals surface area contributed by atoms with Gasteiger partial charge in [-0.05, 0) is 50.4 Å². The molecule has 1 aliphatic rings. The highest BCUT2D eigenvalue weighted by atomic mass is 32.2. The van der Waals surface area contributed by atoms with Crippen LogP contribution in [0.25, 0.3) is 10.8 Å². The van der Waals surface area contributed by atoms with E-state index in [1.807, 2.05) is 46.0 Å². The number of rotatable bonds is 6. The summed E-state index contributed by atoms with van der Waals surface area (Å²) in [5.74, 6) is 0. The second-order valence-corrected chi connectivity index (χ2v) is 10.2. The van der Waals surface area contributed by atoms with Gasteiger partial charge in [-0.3, -0.25) is 0 Å². The molecule has 1 amide bonds. The summed E-state index contributed by atoms with van der Waals surface area (Å²) in [6, 6.07) is 14.4. The zero-order valence-corrected chi connectivity index (χ0v) is 20.1. The van der Waals surface area contributed by atoms with Crippen LogP contribution in [0.4, 0.5) is 15.3 Å². The molecule has 2 atom stereocenters. The van der Waals surface area contributed by atoms with E-state index in [0.29, 0.717) is 19.5 Å². The lowest BCUT2D eigenvalue weighted by atomic mass is 10.1. The van der Waals surface area contributed by atoms with E-state index < -0.39 is 5.60 Å². The predicted molar refractivity (Wildman–Crippen MR) is 131 cm³/mol. The molecule has 1 fully saturated rings. The number of hydrogen-bond donors (Lipinski definition) is 0. The highest BCUT2D eigenvalue weighted by Crippen LogP contribution is 2.33. The fourth-order valence-electron chi connectivity index (χ4n) is 3.93. The van der Waals surface area contributed by atoms with Crippen LogP contribution in [0, 0.1) is 0 Å². The van der Waals surface area contributed by atoms with Gasteiger partial charge in [-0.1, -0.05) is 49.1 Å². The summed E-state index contributed by atoms with van der Waals surface area (Å²) in [7, 11) is 2.03. The molecule has 6 nitrogen and oxygen atoms in total. The van der Waals surface area contributed by atoms with E-state index in [0.717, 1.165) is 22.8 Å². The van der Waals surface area contributed by atoms with Gasteiger partial charge in [0.1, 0.15) is 12.2 Å². The Morgan fingerprint density at radius 2 is 1.94 bits per heavy atom. The number of carbonyl (C=O) groups excluding carboxylic acids is 2. The smallest absolute Gasteiger partial charge is 0.410 e. The van der Waals surface area contributed by atoms with Crippen molar-refractivity contribution in [3.05, 3.63) is 55.1 Å². The number of ether oxygens (including phenoxy) is 2. The van der Waals surface area contributed by atoms with Crippen molar-refractivity contribution in [1.29, 1.82) is 0 Å². The molecule has 0 aliphatic carbocycles. The number of fused-ring (bicyclic) bond motifs is 1. The van der Waals surface area contributed by atoms with Gasteiger partial charge in [-0.25, -0.2) is 9.59 Å². The van der Waals surface area contributed by atoms with Crippen LogP contribution in [0.2, 0.25) is 0 Å². The first-order chi connectivity index (χ1) is 15.2. The predicted octanol–water partition coefficient (Wildman–Crippen LogP) is 5.71. The maximum atomic E-state index is 12.7. The van der Waals surface area contributed by atoms with Gasteiger partial charge in [0.2, 0.25) is 0 Å². The van der Waals surface area contributed by atoms with Crippen molar-refractivity contribution in [1.82, 2.24) is 4.90 Å². The molecule has 2 aromatic carbocycles. The number of thioether (sulfide) groups is 1. The lowest BCUT2D eigenvalue weighted by Crippen LogP contribution is -2.42. The van der Waals surface area contributed by atoms with Crippen molar-refractivity contribution in [2.24, 2.45) is 0 Å². The first kappa shape index (κ1) is 24.0. The van der Waals surface area contributed by atoms with Gasteiger partial charge in [0.15, 0.2) is 0 Å². The average Bonchev–Trinajstić information content (AvgIpc) is 3.11. The molecule has 0 aromatic heterocycles. The van der Waals surface area contributed by atoms with Crippen molar-refractivity contribution < 1.29 is 19.1 Å². The molecule has 1 heterocycles. The molecule has 2 aromatic rings. The number of likely N-dealkylation sites (N-methyl/N-ethyl adjacent to an activating group) is 1. The first-order valence-corrected chi connectivity index (χ1v) is 11.7. The topological polar surface area (TPSA) is 59.1 Å². The maximum Gasteiger partial charge on any atom is 0.410 e. The largest absolute Gasteiger partial charge is 0.452 e. The number of carbonyl (C=O) groups is 2. The SMILES string of the molecule is C=CCOC(=O)N1CC(SC(=O)OC(C)(C)C)CC1CN(C)c1cccc2ccccc12. The third-order valence-corrected chi connectivity index (χ3v) is 6.20. The van der Waals surface area contributed by atoms with Gasteiger partial charge in [-0.15, -0.1) is 0 Å². The number of anilines is 1. The quantitative estimate of drug-likeness (QED) is 0.410. The lowest BCUT2D eigenvalue weighted by molar-refractivity contribution is 0.0736. The monoisotopic (exact) mass is 456 g/mol. The molecule has 172 valence electrons. The van der Waals surface area contributed by atoms with E-state index in [4.69, 9.17) is 9.47 Å². The van der Waals surface area contributed by atoms with Crippen molar-refractivity contribution in [3.8, 4) is 0 Å². The molecule has 7 heteroatoms. The summed E-state index contributed by atoms with van der Waals surface area (Å²) in [5.41, 5.74) is 0.560. The summed E-state index contributed by atoms with van der Waals surface area (Å²) in [5, 5.41) is 1.97. The Bertz CT molecular complexity index is 967. The van der Waals surface area contributed by atoms with Crippen LogP contribution in [0.1, 0.15) is 27.2 Å². The van der Waals surface area contributed by atoms with Crippen molar-refractivity contribution in [2.45, 2.75) is 44.1 Å². The number of nitrogens with zero attached hydrogens (tertiary/aromatic N) is 2. The van der Waals surface area contributed by atoms with Gasteiger partial charge in [0, 0.05) is 36.5 Å². The minimum atomic E-state index is -0.542. The first-order valence-electron chi connectivity index (χ1n) is 10.8. The zero-order valence-electron chi connectivity index (χ0n) is 19.2. The number of likely N-dealkylation sites (tertiary alicyclic amines) is 1. The summed E-state index contributed by atoms with van der Waals surface area (Å²) in [4.78, 5) is 29.0. The van der Waals surface area contributed by atoms with E-state index in [1.165, 1.54) is 5.39 Å². The zero-order chi connectivity index (χ0) is 23.3. The Labute approximate surface area is 194 Å². The Hall–Kier alpha value is -2.67. The fourth-order valence-corrected chi connectivity index (χ4v) is 5.06. The van der Waals surface area contributed by atoms with E-state index >= 15 is 0 Å². The molecule has 0 spiro atoms. The van der Waals surface area contributed by atoms with Gasteiger partial charge in [0.05, 0.1) is 6.04 Å². The summed E-state index contributed by atoms with van der Waals surface area (Å²) < 4.78 is 10.8. The number of hydrogen-bond acceptors (Lipinski definition) is 6. The van der Waals surface area contributed by atoms with Crippen molar-refractivity contribution >= 4 is 39.6 Å². The van der Waals surface area contributed by atoms with Crippen LogP contribution in [-0.4, -0.2) is 59.9 Å². The molecular formula is C25H32N2O4S. The van der Waals surface area contributed by atoms with E-state index in [9.17, 15) is 9.59 Å². The third kappa shape index (κ3) is 6.19. The molecule has 1 aliphatic heterocycles. The Balaban J connectivity index is 1.75. The molecule has 3 rings (SSSR count). The minimum Gasteiger partial charge on any atom is -0.452 e. The van der Waals surface area contributed by atoms with Gasteiger partial charge in [-0.2, -0.15) is 0 Å². The van der Waals surface area contributed by atoms with Crippen LogP contribution in [0.15, 0.2) is 55.1 Å². The van der Waals surface area contributed by atoms with Crippen LogP contribution < -0.4 is 4.90 Å². The van der Waals surface area contributed by atoms with Crippen LogP contribution in [-0.2, 0) is 9.47 Å². The molecule has 0 radical (unpaired) electrons. The Morgan fingerprint density at radius 1 is 1.22 bits per heavy atom. The molecule has 0 N–H and O–H groups in total. The molecular weight excluding hydrogens is 424 g/mol. The second-order valence-electron chi connectivity index (χ2n) is 8.99. The summed E-state index contributed by atoms with van der Waals surface area (Å²) in [6.45, 7) is 10.4. The number of amides is 1. The lowest BCUT2D eigenvalue weighted by Gasteiger charge is -2.29. The molecule has 0 saturated carbocycles. The van der Waals surface area contributed by atoms with Crippen LogP contribution >= 0.6 is 11.8 Å². The Morgan fingerprint density at radius 3 is 2.66 bits per heavy atom.